The molecule has 0 amide bonds. The van der Waals surface area contributed by atoms with Gasteiger partial charge in [0, 0.05) is 32.2 Å². The molecule has 0 N–H and O–H groups in total. The van der Waals surface area contributed by atoms with Gasteiger partial charge in [-0.15, -0.1) is 35.3 Å². The first-order valence-corrected chi connectivity index (χ1v) is 12.3. The van der Waals surface area contributed by atoms with Crippen LogP contribution in [0.25, 0.3) is 0 Å². The number of hydrogen-bond acceptors (Lipinski definition) is 7. The minimum atomic E-state index is 0.0941. The molecule has 0 fully saturated rings. The molecule has 2 nitrogen and oxygen atoms in total. The summed E-state index contributed by atoms with van der Waals surface area (Å²) in [6.07, 6.45) is 0. The molecule has 0 aromatic heterocycles. The summed E-state index contributed by atoms with van der Waals surface area (Å²) in [6.45, 7) is 15.2. The molecule has 0 aliphatic heterocycles. The van der Waals surface area contributed by atoms with Crippen molar-refractivity contribution in [2.45, 2.75) is 36.9 Å². The number of rotatable bonds is 12. The molecule has 2 unspecified atom stereocenters. The average molecular weight is 411 g/mol. The molecule has 7 heteroatoms. The smallest absolute Gasteiger partial charge is 0.214 e. The van der Waals surface area contributed by atoms with Gasteiger partial charge in [0.1, 0.15) is 0 Å². The highest BCUT2D eigenvalue weighted by atomic mass is 32.2. The molecule has 0 saturated heterocycles. The van der Waals surface area contributed by atoms with E-state index in [-0.39, 0.29) is 10.2 Å². The summed E-state index contributed by atoms with van der Waals surface area (Å²) >= 11 is 8.40. The zero-order valence-electron chi connectivity index (χ0n) is 14.3. The molecular weight excluding hydrogens is 385 g/mol. The van der Waals surface area contributed by atoms with Crippen molar-refractivity contribution in [3.05, 3.63) is 24.3 Å². The van der Waals surface area contributed by atoms with Crippen LogP contribution in [0.5, 0.6) is 0 Å². The van der Waals surface area contributed by atoms with Crippen molar-refractivity contribution in [2.75, 3.05) is 23.0 Å². The SMILES string of the molecule is C=C(C)C(=O)SCCSC(C)SC(C)SCCSC(=O)C(=C)C. The summed E-state index contributed by atoms with van der Waals surface area (Å²) in [5.74, 6) is 3.61. The van der Waals surface area contributed by atoms with E-state index in [1.54, 1.807) is 13.8 Å². The third-order valence-electron chi connectivity index (χ3n) is 2.42. The van der Waals surface area contributed by atoms with E-state index in [0.717, 1.165) is 23.0 Å². The molecule has 0 aliphatic carbocycles. The van der Waals surface area contributed by atoms with Gasteiger partial charge in [-0.1, -0.05) is 36.7 Å². The van der Waals surface area contributed by atoms with Crippen LogP contribution < -0.4 is 0 Å². The fraction of sp³-hybridized carbons (Fsp3) is 0.625. The Morgan fingerprint density at radius 2 is 1.13 bits per heavy atom. The summed E-state index contributed by atoms with van der Waals surface area (Å²) in [5.41, 5.74) is 1.24. The molecular formula is C16H26O2S5. The minimum Gasteiger partial charge on any atom is -0.282 e. The molecule has 0 rings (SSSR count). The first-order valence-electron chi connectivity index (χ1n) is 7.28. The summed E-state index contributed by atoms with van der Waals surface area (Å²) in [5, 5.41) is 0.188. The third-order valence-corrected chi connectivity index (χ3v) is 9.04. The Hall–Kier alpha value is 0.570. The van der Waals surface area contributed by atoms with Gasteiger partial charge in [-0.25, -0.2) is 0 Å². The van der Waals surface area contributed by atoms with Gasteiger partial charge in [0.15, 0.2) is 0 Å². The second-order valence-corrected chi connectivity index (χ2v) is 12.2. The van der Waals surface area contributed by atoms with Crippen molar-refractivity contribution in [3.8, 4) is 0 Å². The van der Waals surface area contributed by atoms with Gasteiger partial charge >= 0.3 is 0 Å². The quantitative estimate of drug-likeness (QED) is 0.237. The number of carbonyl (C=O) groups excluding carboxylic acids is 2. The van der Waals surface area contributed by atoms with Crippen LogP contribution in [0, 0.1) is 0 Å². The van der Waals surface area contributed by atoms with Crippen LogP contribution in [-0.2, 0) is 9.59 Å². The molecule has 0 bridgehead atoms. The van der Waals surface area contributed by atoms with E-state index in [4.69, 9.17) is 0 Å². The summed E-state index contributed by atoms with van der Waals surface area (Å²) in [4.78, 5) is 22.8. The molecule has 0 aliphatic rings. The lowest BCUT2D eigenvalue weighted by molar-refractivity contribution is -0.108. The predicted octanol–water partition coefficient (Wildman–Crippen LogP) is 5.55. The van der Waals surface area contributed by atoms with E-state index >= 15 is 0 Å². The van der Waals surface area contributed by atoms with E-state index in [1.165, 1.54) is 23.5 Å². The Kier molecular flexibility index (Phi) is 14.2. The highest BCUT2D eigenvalue weighted by Gasteiger charge is 2.11. The van der Waals surface area contributed by atoms with Crippen LogP contribution in [0.4, 0.5) is 0 Å². The topological polar surface area (TPSA) is 34.1 Å². The Balaban J connectivity index is 3.67. The normalized spacial score (nSPS) is 13.4. The van der Waals surface area contributed by atoms with E-state index in [0.29, 0.717) is 20.3 Å². The largest absolute Gasteiger partial charge is 0.282 e. The Morgan fingerprint density at radius 3 is 1.43 bits per heavy atom. The van der Waals surface area contributed by atoms with Crippen molar-refractivity contribution in [1.82, 2.24) is 0 Å². The first-order chi connectivity index (χ1) is 10.7. The van der Waals surface area contributed by atoms with E-state index in [9.17, 15) is 9.59 Å². The predicted molar refractivity (Wildman–Crippen MR) is 116 cm³/mol. The fourth-order valence-electron chi connectivity index (χ4n) is 1.29. The highest BCUT2D eigenvalue weighted by molar-refractivity contribution is 8.24. The van der Waals surface area contributed by atoms with Gasteiger partial charge in [-0.3, -0.25) is 9.59 Å². The van der Waals surface area contributed by atoms with Crippen molar-refractivity contribution in [2.24, 2.45) is 0 Å². The van der Waals surface area contributed by atoms with Gasteiger partial charge < -0.3 is 0 Å². The summed E-state index contributed by atoms with van der Waals surface area (Å²) in [6, 6.07) is 0. The maximum atomic E-state index is 11.4. The Morgan fingerprint density at radius 1 is 0.783 bits per heavy atom. The molecule has 0 radical (unpaired) electrons. The van der Waals surface area contributed by atoms with E-state index in [1.807, 2.05) is 35.3 Å². The molecule has 132 valence electrons. The fourth-order valence-corrected chi connectivity index (χ4v) is 7.21. The summed E-state index contributed by atoms with van der Waals surface area (Å²) < 4.78 is 1.01. The first kappa shape index (κ1) is 23.6. The van der Waals surface area contributed by atoms with E-state index < -0.39 is 0 Å². The Labute approximate surface area is 162 Å². The van der Waals surface area contributed by atoms with Crippen LogP contribution in [0.15, 0.2) is 24.3 Å². The van der Waals surface area contributed by atoms with Crippen LogP contribution in [0.3, 0.4) is 0 Å². The minimum absolute atomic E-state index is 0.0941. The summed E-state index contributed by atoms with van der Waals surface area (Å²) in [7, 11) is 0. The lowest BCUT2D eigenvalue weighted by atomic mass is 10.4. The second-order valence-electron chi connectivity index (χ2n) is 4.85. The van der Waals surface area contributed by atoms with Crippen molar-refractivity contribution >= 4 is 69.0 Å². The van der Waals surface area contributed by atoms with Crippen LogP contribution in [0.1, 0.15) is 27.7 Å². The number of carbonyl (C=O) groups is 2. The van der Waals surface area contributed by atoms with Crippen molar-refractivity contribution in [1.29, 1.82) is 0 Å². The monoisotopic (exact) mass is 410 g/mol. The lowest BCUT2D eigenvalue weighted by Gasteiger charge is -2.16. The van der Waals surface area contributed by atoms with Gasteiger partial charge in [0.2, 0.25) is 10.2 Å². The second kappa shape index (κ2) is 13.8. The number of hydrogen-bond donors (Lipinski definition) is 0. The molecule has 0 saturated carbocycles. The van der Waals surface area contributed by atoms with Crippen molar-refractivity contribution < 1.29 is 9.59 Å². The zero-order chi connectivity index (χ0) is 17.8. The molecule has 0 spiro atoms. The number of thioether (sulfide) groups is 5. The van der Waals surface area contributed by atoms with Gasteiger partial charge in [-0.05, 0) is 38.8 Å². The van der Waals surface area contributed by atoms with Crippen LogP contribution in [-0.4, -0.2) is 42.4 Å². The molecule has 0 heterocycles. The molecule has 23 heavy (non-hydrogen) atoms. The van der Waals surface area contributed by atoms with E-state index in [2.05, 4.69) is 27.0 Å². The van der Waals surface area contributed by atoms with Gasteiger partial charge in [0.05, 0.1) is 0 Å². The lowest BCUT2D eigenvalue weighted by Crippen LogP contribution is -2.03. The Bertz CT molecular complexity index is 385. The zero-order valence-corrected chi connectivity index (χ0v) is 18.3. The maximum absolute atomic E-state index is 11.4. The van der Waals surface area contributed by atoms with Crippen LogP contribution in [0.2, 0.25) is 0 Å². The maximum Gasteiger partial charge on any atom is 0.214 e. The third kappa shape index (κ3) is 13.5. The van der Waals surface area contributed by atoms with Gasteiger partial charge in [-0.2, -0.15) is 0 Å². The van der Waals surface area contributed by atoms with Crippen LogP contribution >= 0.6 is 58.8 Å². The molecule has 2 atom stereocenters. The molecule has 0 aromatic carbocycles. The average Bonchev–Trinajstić information content (AvgIpc) is 2.47. The molecule has 0 aromatic rings. The standard InChI is InChI=1S/C16H26O2S5/c1-11(2)15(17)21-9-7-19-13(5)23-14(6)20-8-10-22-16(18)12(3)4/h13-14H,1,3,7-10H2,2,4-6H3. The highest BCUT2D eigenvalue weighted by Crippen LogP contribution is 2.33. The van der Waals surface area contributed by atoms with Crippen molar-refractivity contribution in [3.63, 3.8) is 0 Å². The van der Waals surface area contributed by atoms with Gasteiger partial charge in [0.25, 0.3) is 0 Å².